The van der Waals surface area contributed by atoms with E-state index in [9.17, 15) is 4.79 Å². The van der Waals surface area contributed by atoms with Crippen LogP contribution in [0.1, 0.15) is 53.9 Å². The molecule has 3 nitrogen and oxygen atoms in total. The first-order valence-electron chi connectivity index (χ1n) is 6.52. The lowest BCUT2D eigenvalue weighted by molar-refractivity contribution is -0.123. The molecule has 1 amide bonds. The van der Waals surface area contributed by atoms with Gasteiger partial charge in [0.05, 0.1) is 6.04 Å². The minimum atomic E-state index is -0.0981. The van der Waals surface area contributed by atoms with E-state index in [0.29, 0.717) is 12.0 Å². The minimum Gasteiger partial charge on any atom is -0.355 e. The fourth-order valence-electron chi connectivity index (χ4n) is 1.40. The van der Waals surface area contributed by atoms with Crippen molar-refractivity contribution in [2.45, 2.75) is 66.0 Å². The summed E-state index contributed by atoms with van der Waals surface area (Å²) < 4.78 is 0. The van der Waals surface area contributed by atoms with Crippen LogP contribution in [0.4, 0.5) is 0 Å². The highest BCUT2D eigenvalue weighted by Gasteiger charge is 2.16. The maximum absolute atomic E-state index is 11.7. The second kappa shape index (κ2) is 8.57. The standard InChI is InChI=1S/C13H28N2O/c1-6-7-8-9-14-13(16)12(5)15-11(4)10(2)3/h10-12,15H,6-9H2,1-5H3,(H,14,16). The van der Waals surface area contributed by atoms with Gasteiger partial charge in [-0.3, -0.25) is 4.79 Å². The Morgan fingerprint density at radius 3 is 2.25 bits per heavy atom. The molecule has 0 radical (unpaired) electrons. The molecular weight excluding hydrogens is 200 g/mol. The second-order valence-electron chi connectivity index (χ2n) is 4.92. The van der Waals surface area contributed by atoms with Crippen LogP contribution in [0.15, 0.2) is 0 Å². The van der Waals surface area contributed by atoms with E-state index in [2.05, 4.69) is 38.3 Å². The molecule has 0 aliphatic rings. The summed E-state index contributed by atoms with van der Waals surface area (Å²) in [7, 11) is 0. The van der Waals surface area contributed by atoms with Crippen LogP contribution in [0.25, 0.3) is 0 Å². The summed E-state index contributed by atoms with van der Waals surface area (Å²) >= 11 is 0. The first-order valence-corrected chi connectivity index (χ1v) is 6.52. The van der Waals surface area contributed by atoms with Crippen molar-refractivity contribution in [1.29, 1.82) is 0 Å². The Hall–Kier alpha value is -0.570. The monoisotopic (exact) mass is 228 g/mol. The average Bonchev–Trinajstić information content (AvgIpc) is 2.23. The highest BCUT2D eigenvalue weighted by molar-refractivity contribution is 5.81. The van der Waals surface area contributed by atoms with E-state index in [1.807, 2.05) is 6.92 Å². The zero-order chi connectivity index (χ0) is 12.6. The Morgan fingerprint density at radius 2 is 1.75 bits per heavy atom. The zero-order valence-electron chi connectivity index (χ0n) is 11.5. The third kappa shape index (κ3) is 6.83. The first-order chi connectivity index (χ1) is 7.49. The summed E-state index contributed by atoms with van der Waals surface area (Å²) in [5.41, 5.74) is 0. The topological polar surface area (TPSA) is 41.1 Å². The van der Waals surface area contributed by atoms with E-state index in [-0.39, 0.29) is 11.9 Å². The molecule has 0 saturated heterocycles. The van der Waals surface area contributed by atoms with E-state index < -0.39 is 0 Å². The fourth-order valence-corrected chi connectivity index (χ4v) is 1.40. The van der Waals surface area contributed by atoms with Crippen molar-refractivity contribution in [3.05, 3.63) is 0 Å². The summed E-state index contributed by atoms with van der Waals surface area (Å²) in [5.74, 6) is 0.666. The number of hydrogen-bond donors (Lipinski definition) is 2. The Bertz CT molecular complexity index is 192. The van der Waals surface area contributed by atoms with Crippen LogP contribution in [-0.2, 0) is 4.79 Å². The normalized spacial score (nSPS) is 14.9. The third-order valence-corrected chi connectivity index (χ3v) is 2.99. The van der Waals surface area contributed by atoms with Crippen LogP contribution < -0.4 is 10.6 Å². The van der Waals surface area contributed by atoms with Gasteiger partial charge in [0.2, 0.25) is 5.91 Å². The molecule has 96 valence electrons. The van der Waals surface area contributed by atoms with Gasteiger partial charge in [-0.1, -0.05) is 33.6 Å². The lowest BCUT2D eigenvalue weighted by atomic mass is 10.1. The Kier molecular flexibility index (Phi) is 8.26. The minimum absolute atomic E-state index is 0.0981. The van der Waals surface area contributed by atoms with Crippen molar-refractivity contribution in [3.63, 3.8) is 0 Å². The lowest BCUT2D eigenvalue weighted by Gasteiger charge is -2.22. The van der Waals surface area contributed by atoms with Crippen molar-refractivity contribution < 1.29 is 4.79 Å². The van der Waals surface area contributed by atoms with Crippen LogP contribution in [-0.4, -0.2) is 24.5 Å². The van der Waals surface area contributed by atoms with Gasteiger partial charge in [-0.2, -0.15) is 0 Å². The fraction of sp³-hybridized carbons (Fsp3) is 0.923. The molecule has 3 heteroatoms. The number of nitrogens with one attached hydrogen (secondary N) is 2. The number of carbonyl (C=O) groups is 1. The summed E-state index contributed by atoms with van der Waals surface area (Å²) in [5, 5.41) is 6.27. The van der Waals surface area contributed by atoms with Crippen LogP contribution in [0.2, 0.25) is 0 Å². The van der Waals surface area contributed by atoms with E-state index in [1.54, 1.807) is 0 Å². The van der Waals surface area contributed by atoms with Gasteiger partial charge in [-0.15, -0.1) is 0 Å². The van der Waals surface area contributed by atoms with Crippen molar-refractivity contribution in [1.82, 2.24) is 10.6 Å². The predicted octanol–water partition coefficient (Wildman–Crippen LogP) is 2.32. The summed E-state index contributed by atoms with van der Waals surface area (Å²) in [4.78, 5) is 11.7. The van der Waals surface area contributed by atoms with Crippen molar-refractivity contribution >= 4 is 5.91 Å². The van der Waals surface area contributed by atoms with Crippen molar-refractivity contribution in [3.8, 4) is 0 Å². The molecule has 0 fully saturated rings. The number of unbranched alkanes of at least 4 members (excludes halogenated alkanes) is 2. The summed E-state index contributed by atoms with van der Waals surface area (Å²) in [6.07, 6.45) is 3.45. The predicted molar refractivity (Wildman–Crippen MR) is 69.4 cm³/mol. The Morgan fingerprint density at radius 1 is 1.12 bits per heavy atom. The number of carbonyl (C=O) groups excluding carboxylic acids is 1. The maximum atomic E-state index is 11.7. The van der Waals surface area contributed by atoms with Gasteiger partial charge in [0.25, 0.3) is 0 Å². The molecule has 0 aromatic rings. The molecule has 0 heterocycles. The molecule has 0 spiro atoms. The summed E-state index contributed by atoms with van der Waals surface area (Å²) in [6.45, 7) is 11.3. The highest BCUT2D eigenvalue weighted by Crippen LogP contribution is 2.01. The number of rotatable bonds is 8. The molecule has 0 bridgehead atoms. The van der Waals surface area contributed by atoms with Gasteiger partial charge in [0.1, 0.15) is 0 Å². The van der Waals surface area contributed by atoms with Gasteiger partial charge < -0.3 is 10.6 Å². The molecule has 16 heavy (non-hydrogen) atoms. The van der Waals surface area contributed by atoms with Crippen molar-refractivity contribution in [2.24, 2.45) is 5.92 Å². The zero-order valence-corrected chi connectivity index (χ0v) is 11.5. The van der Waals surface area contributed by atoms with Gasteiger partial charge >= 0.3 is 0 Å². The number of amides is 1. The first kappa shape index (κ1) is 15.4. The van der Waals surface area contributed by atoms with E-state index >= 15 is 0 Å². The second-order valence-corrected chi connectivity index (χ2v) is 4.92. The molecule has 0 aliphatic heterocycles. The molecular formula is C13H28N2O. The Balaban J connectivity index is 3.73. The molecule has 2 unspecified atom stereocenters. The quantitative estimate of drug-likeness (QED) is 0.626. The van der Waals surface area contributed by atoms with Crippen LogP contribution >= 0.6 is 0 Å². The van der Waals surface area contributed by atoms with Crippen molar-refractivity contribution in [2.75, 3.05) is 6.54 Å². The van der Waals surface area contributed by atoms with Crippen LogP contribution in [0, 0.1) is 5.92 Å². The molecule has 2 N–H and O–H groups in total. The molecule has 0 aromatic heterocycles. The number of hydrogen-bond acceptors (Lipinski definition) is 2. The molecule has 0 aromatic carbocycles. The van der Waals surface area contributed by atoms with Gasteiger partial charge in [-0.05, 0) is 26.2 Å². The highest BCUT2D eigenvalue weighted by atomic mass is 16.2. The largest absolute Gasteiger partial charge is 0.355 e. The SMILES string of the molecule is CCCCCNC(=O)C(C)NC(C)C(C)C. The van der Waals surface area contributed by atoms with E-state index in [1.165, 1.54) is 12.8 Å². The molecule has 2 atom stereocenters. The molecule has 0 saturated carbocycles. The summed E-state index contributed by atoms with van der Waals surface area (Å²) in [6, 6.07) is 0.274. The molecule has 0 rings (SSSR count). The lowest BCUT2D eigenvalue weighted by Crippen LogP contribution is -2.47. The average molecular weight is 228 g/mol. The Labute approximate surface area is 100 Å². The smallest absolute Gasteiger partial charge is 0.236 e. The van der Waals surface area contributed by atoms with Crippen LogP contribution in [0.3, 0.4) is 0 Å². The van der Waals surface area contributed by atoms with Gasteiger partial charge in [0, 0.05) is 12.6 Å². The van der Waals surface area contributed by atoms with E-state index in [0.717, 1.165) is 13.0 Å². The van der Waals surface area contributed by atoms with E-state index in [4.69, 9.17) is 0 Å². The van der Waals surface area contributed by atoms with Gasteiger partial charge in [0.15, 0.2) is 0 Å². The molecule has 0 aliphatic carbocycles. The van der Waals surface area contributed by atoms with Gasteiger partial charge in [-0.25, -0.2) is 0 Å². The maximum Gasteiger partial charge on any atom is 0.236 e. The third-order valence-electron chi connectivity index (χ3n) is 2.99. The van der Waals surface area contributed by atoms with Crippen LogP contribution in [0.5, 0.6) is 0 Å².